The zero-order valence-corrected chi connectivity index (χ0v) is 10.9. The highest BCUT2D eigenvalue weighted by atomic mass is 31.2. The molecule has 19 heavy (non-hydrogen) atoms. The second-order valence-corrected chi connectivity index (χ2v) is 5.12. The Kier molecular flexibility index (Phi) is 5.19. The molecule has 104 valence electrons. The summed E-state index contributed by atoms with van der Waals surface area (Å²) in [5, 5.41) is 12.0. The summed E-state index contributed by atoms with van der Waals surface area (Å²) in [7, 11) is 2.56. The summed E-state index contributed by atoms with van der Waals surface area (Å²) in [6.07, 6.45) is -0.173. The maximum Gasteiger partial charge on any atom is 0.349 e. The summed E-state index contributed by atoms with van der Waals surface area (Å²) in [6, 6.07) is -1.07. The Hall–Kier alpha value is -1.28. The van der Waals surface area contributed by atoms with Gasteiger partial charge >= 0.3 is 7.60 Å². The number of aliphatic hydroxyl groups is 1. The molecule has 1 heterocycles. The summed E-state index contributed by atoms with van der Waals surface area (Å²) in [5.41, 5.74) is 0. The predicted molar refractivity (Wildman–Crippen MR) is 65.3 cm³/mol. The standard InChI is InChI=1S/C9H13BNO7P/c1-11-6(12)4-17-8-7(13)5(18-9(8)10)2-3-19(14,15)16/h2-3,8-9,13H,4H2,1H3,(H,11,12)(H2,14,15,16)/b3-2+/t8?,9-/m1/s1. The SMILES string of the molecule is [B][C@@H]1OC(/C=C/P(=O)(O)O)=C(O)C1OCC(=O)NC. The monoisotopic (exact) mass is 289 g/mol. The smallest absolute Gasteiger partial charge is 0.349 e. The summed E-state index contributed by atoms with van der Waals surface area (Å²) in [4.78, 5) is 28.3. The van der Waals surface area contributed by atoms with Crippen LogP contribution in [0.3, 0.4) is 0 Å². The molecule has 10 heteroatoms. The minimum Gasteiger partial charge on any atom is -0.506 e. The van der Waals surface area contributed by atoms with E-state index in [4.69, 9.17) is 27.1 Å². The molecule has 0 spiro atoms. The van der Waals surface area contributed by atoms with Gasteiger partial charge in [-0.1, -0.05) is 0 Å². The number of hydrogen-bond acceptors (Lipinski definition) is 5. The number of aliphatic hydroxyl groups excluding tert-OH is 1. The third-order valence-electron chi connectivity index (χ3n) is 2.18. The van der Waals surface area contributed by atoms with Crippen LogP contribution in [0.4, 0.5) is 0 Å². The molecule has 1 rings (SSSR count). The lowest BCUT2D eigenvalue weighted by Crippen LogP contribution is -2.32. The molecule has 0 aromatic rings. The van der Waals surface area contributed by atoms with Crippen molar-refractivity contribution >= 4 is 21.3 Å². The van der Waals surface area contributed by atoms with Crippen molar-refractivity contribution < 1.29 is 33.7 Å². The van der Waals surface area contributed by atoms with E-state index in [1.807, 2.05) is 0 Å². The number of hydrogen-bond donors (Lipinski definition) is 4. The number of amides is 1. The number of allylic oxidation sites excluding steroid dienone is 1. The first-order valence-corrected chi connectivity index (χ1v) is 6.85. The number of likely N-dealkylation sites (N-methyl/N-ethyl adjacent to an activating group) is 1. The van der Waals surface area contributed by atoms with Crippen LogP contribution in [0.1, 0.15) is 0 Å². The van der Waals surface area contributed by atoms with Gasteiger partial charge in [0.2, 0.25) is 5.91 Å². The first-order chi connectivity index (χ1) is 8.74. The normalized spacial score (nSPS) is 23.7. The first-order valence-electron chi connectivity index (χ1n) is 5.16. The van der Waals surface area contributed by atoms with Crippen molar-refractivity contribution in [2.24, 2.45) is 0 Å². The average molecular weight is 289 g/mol. The van der Waals surface area contributed by atoms with Gasteiger partial charge < -0.3 is 29.7 Å². The van der Waals surface area contributed by atoms with Crippen LogP contribution in [0.2, 0.25) is 0 Å². The third kappa shape index (κ3) is 4.72. The fourth-order valence-corrected chi connectivity index (χ4v) is 1.60. The maximum absolute atomic E-state index is 11.0. The maximum atomic E-state index is 11.0. The van der Waals surface area contributed by atoms with E-state index in [0.717, 1.165) is 6.08 Å². The van der Waals surface area contributed by atoms with Gasteiger partial charge in [0, 0.05) is 12.9 Å². The molecule has 2 radical (unpaired) electrons. The van der Waals surface area contributed by atoms with Crippen molar-refractivity contribution in [1.29, 1.82) is 0 Å². The van der Waals surface area contributed by atoms with Gasteiger partial charge in [0.25, 0.3) is 0 Å². The molecular weight excluding hydrogens is 276 g/mol. The Bertz CT molecular complexity index is 457. The third-order valence-corrected chi connectivity index (χ3v) is 2.71. The van der Waals surface area contributed by atoms with Gasteiger partial charge in [0.15, 0.2) is 11.5 Å². The molecule has 8 nitrogen and oxygen atoms in total. The van der Waals surface area contributed by atoms with E-state index in [1.54, 1.807) is 0 Å². The lowest BCUT2D eigenvalue weighted by Gasteiger charge is -2.15. The van der Waals surface area contributed by atoms with E-state index in [1.165, 1.54) is 7.05 Å². The Morgan fingerprint density at radius 2 is 2.26 bits per heavy atom. The Morgan fingerprint density at radius 3 is 2.79 bits per heavy atom. The molecule has 2 atom stereocenters. The minimum absolute atomic E-state index is 0.210. The molecule has 1 amide bonds. The number of nitrogens with one attached hydrogen (secondary N) is 1. The van der Waals surface area contributed by atoms with Crippen LogP contribution in [-0.4, -0.2) is 54.4 Å². The highest BCUT2D eigenvalue weighted by molar-refractivity contribution is 7.55. The molecule has 0 aromatic carbocycles. The van der Waals surface area contributed by atoms with Crippen LogP contribution in [0.5, 0.6) is 0 Å². The molecule has 1 aliphatic heterocycles. The number of ether oxygens (including phenoxy) is 2. The van der Waals surface area contributed by atoms with Crippen molar-refractivity contribution in [3.8, 4) is 0 Å². The van der Waals surface area contributed by atoms with Crippen LogP contribution < -0.4 is 5.32 Å². The fourth-order valence-electron chi connectivity index (χ4n) is 1.27. The van der Waals surface area contributed by atoms with Gasteiger partial charge in [-0.05, 0) is 6.08 Å². The van der Waals surface area contributed by atoms with E-state index in [2.05, 4.69) is 5.32 Å². The molecule has 0 aromatic heterocycles. The highest BCUT2D eigenvalue weighted by Crippen LogP contribution is 2.37. The van der Waals surface area contributed by atoms with Crippen LogP contribution >= 0.6 is 7.60 Å². The van der Waals surface area contributed by atoms with Crippen molar-refractivity contribution in [2.75, 3.05) is 13.7 Å². The number of carbonyl (C=O) groups excluding carboxylic acids is 1. The fraction of sp³-hybridized carbons (Fsp3) is 0.444. The quantitative estimate of drug-likeness (QED) is 0.382. The zero-order valence-electron chi connectivity index (χ0n) is 10.0. The highest BCUT2D eigenvalue weighted by Gasteiger charge is 2.34. The Labute approximate surface area is 110 Å². The van der Waals surface area contributed by atoms with E-state index in [-0.39, 0.29) is 12.4 Å². The molecule has 0 saturated carbocycles. The van der Waals surface area contributed by atoms with Gasteiger partial charge in [0.1, 0.15) is 20.6 Å². The Morgan fingerprint density at radius 1 is 1.63 bits per heavy atom. The number of rotatable bonds is 5. The van der Waals surface area contributed by atoms with Gasteiger partial charge in [-0.2, -0.15) is 0 Å². The Balaban J connectivity index is 2.74. The molecule has 0 bridgehead atoms. The van der Waals surface area contributed by atoms with Gasteiger partial charge in [0.05, 0.1) is 6.00 Å². The summed E-state index contributed by atoms with van der Waals surface area (Å²) >= 11 is 0. The van der Waals surface area contributed by atoms with Crippen LogP contribution in [0.15, 0.2) is 23.4 Å². The van der Waals surface area contributed by atoms with Crippen molar-refractivity contribution in [2.45, 2.75) is 12.1 Å². The van der Waals surface area contributed by atoms with E-state index < -0.39 is 31.4 Å². The lowest BCUT2D eigenvalue weighted by molar-refractivity contribution is -0.127. The molecule has 4 N–H and O–H groups in total. The molecule has 0 saturated heterocycles. The van der Waals surface area contributed by atoms with Gasteiger partial charge in [-0.15, -0.1) is 0 Å². The van der Waals surface area contributed by atoms with Crippen molar-refractivity contribution in [3.63, 3.8) is 0 Å². The average Bonchev–Trinajstić information content (AvgIpc) is 2.58. The first kappa shape index (κ1) is 15.8. The second kappa shape index (κ2) is 6.25. The molecule has 1 unspecified atom stereocenters. The van der Waals surface area contributed by atoms with E-state index in [0.29, 0.717) is 5.82 Å². The molecule has 0 aliphatic carbocycles. The second-order valence-electron chi connectivity index (χ2n) is 3.64. The predicted octanol–water partition coefficient (Wildman–Crippen LogP) is -0.897. The lowest BCUT2D eigenvalue weighted by atomic mass is 9.94. The van der Waals surface area contributed by atoms with Crippen molar-refractivity contribution in [1.82, 2.24) is 5.32 Å². The summed E-state index contributed by atoms with van der Waals surface area (Å²) in [5.74, 6) is -0.495. The van der Waals surface area contributed by atoms with E-state index >= 15 is 0 Å². The van der Waals surface area contributed by atoms with Crippen LogP contribution in [0.25, 0.3) is 0 Å². The number of carbonyl (C=O) groups is 1. The van der Waals surface area contributed by atoms with Crippen LogP contribution in [-0.2, 0) is 18.8 Å². The summed E-state index contributed by atoms with van der Waals surface area (Å²) in [6.45, 7) is -0.336. The summed E-state index contributed by atoms with van der Waals surface area (Å²) < 4.78 is 20.7. The molecule has 0 fully saturated rings. The minimum atomic E-state index is -4.37. The molecular formula is C9H13BNO7P. The van der Waals surface area contributed by atoms with Crippen molar-refractivity contribution in [3.05, 3.63) is 23.4 Å². The van der Waals surface area contributed by atoms with E-state index in [9.17, 15) is 14.5 Å². The van der Waals surface area contributed by atoms with Gasteiger partial charge in [-0.3, -0.25) is 9.36 Å². The topological polar surface area (TPSA) is 125 Å². The molecule has 1 aliphatic rings. The van der Waals surface area contributed by atoms with Crippen LogP contribution in [0, 0.1) is 0 Å². The van der Waals surface area contributed by atoms with Gasteiger partial charge in [-0.25, -0.2) is 0 Å². The largest absolute Gasteiger partial charge is 0.506 e. The zero-order chi connectivity index (χ0) is 14.6.